The predicted octanol–water partition coefficient (Wildman–Crippen LogP) is 3.62. The van der Waals surface area contributed by atoms with Gasteiger partial charge in [0.2, 0.25) is 5.91 Å². The van der Waals surface area contributed by atoms with Gasteiger partial charge in [-0.1, -0.05) is 36.7 Å². The van der Waals surface area contributed by atoms with Crippen LogP contribution in [0.2, 0.25) is 0 Å². The summed E-state index contributed by atoms with van der Waals surface area (Å²) in [5.41, 5.74) is 0.388. The molecular formula is C13H16BrNO3S. The standard InChI is InChI=1S/C13H16BrNO3S/c1-13(2,3)19-7-11(16)15-10-5-4-8(14)6-9(10)12(17)18/h4-6H,7H2,1-3H3,(H,15,16)(H,17,18). The fourth-order valence-corrected chi connectivity index (χ4v) is 2.27. The Labute approximate surface area is 125 Å². The summed E-state index contributed by atoms with van der Waals surface area (Å²) in [6.45, 7) is 6.06. The van der Waals surface area contributed by atoms with E-state index in [1.165, 1.54) is 17.8 Å². The lowest BCUT2D eigenvalue weighted by Crippen LogP contribution is -2.20. The lowest BCUT2D eigenvalue weighted by atomic mass is 10.2. The third-order valence-electron chi connectivity index (χ3n) is 2.12. The van der Waals surface area contributed by atoms with E-state index in [0.717, 1.165) is 0 Å². The topological polar surface area (TPSA) is 66.4 Å². The van der Waals surface area contributed by atoms with Crippen LogP contribution in [0.15, 0.2) is 22.7 Å². The van der Waals surface area contributed by atoms with Crippen molar-refractivity contribution < 1.29 is 14.7 Å². The van der Waals surface area contributed by atoms with Gasteiger partial charge in [-0.05, 0) is 18.2 Å². The molecule has 2 N–H and O–H groups in total. The molecule has 0 spiro atoms. The maximum absolute atomic E-state index is 11.8. The molecule has 0 bridgehead atoms. The van der Waals surface area contributed by atoms with Gasteiger partial charge in [0.15, 0.2) is 0 Å². The number of rotatable bonds is 4. The van der Waals surface area contributed by atoms with Crippen molar-refractivity contribution in [3.63, 3.8) is 0 Å². The minimum absolute atomic E-state index is 0.00726. The van der Waals surface area contributed by atoms with Crippen molar-refractivity contribution in [2.45, 2.75) is 25.5 Å². The maximum atomic E-state index is 11.8. The van der Waals surface area contributed by atoms with E-state index in [1.54, 1.807) is 12.1 Å². The number of carbonyl (C=O) groups excluding carboxylic acids is 1. The number of benzene rings is 1. The second-order valence-corrected chi connectivity index (χ2v) is 7.66. The van der Waals surface area contributed by atoms with Crippen LogP contribution in [0, 0.1) is 0 Å². The average Bonchev–Trinajstić information content (AvgIpc) is 2.28. The second-order valence-electron chi connectivity index (χ2n) is 4.94. The van der Waals surface area contributed by atoms with Crippen LogP contribution in [0.4, 0.5) is 5.69 Å². The van der Waals surface area contributed by atoms with Crippen LogP contribution in [-0.4, -0.2) is 27.5 Å². The highest BCUT2D eigenvalue weighted by Gasteiger charge is 2.16. The number of carboxylic acids is 1. The van der Waals surface area contributed by atoms with E-state index in [0.29, 0.717) is 15.9 Å². The van der Waals surface area contributed by atoms with Gasteiger partial charge in [0.05, 0.1) is 17.0 Å². The van der Waals surface area contributed by atoms with Crippen LogP contribution < -0.4 is 5.32 Å². The Morgan fingerprint density at radius 3 is 2.53 bits per heavy atom. The lowest BCUT2D eigenvalue weighted by molar-refractivity contribution is -0.113. The molecule has 0 fully saturated rings. The molecule has 0 saturated carbocycles. The summed E-state index contributed by atoms with van der Waals surface area (Å²) in [7, 11) is 0. The van der Waals surface area contributed by atoms with Gasteiger partial charge in [0, 0.05) is 9.22 Å². The highest BCUT2D eigenvalue weighted by Crippen LogP contribution is 2.24. The average molecular weight is 346 g/mol. The largest absolute Gasteiger partial charge is 0.478 e. The summed E-state index contributed by atoms with van der Waals surface area (Å²) in [6, 6.07) is 4.74. The molecule has 0 atom stereocenters. The summed E-state index contributed by atoms with van der Waals surface area (Å²) in [6.07, 6.45) is 0. The first kappa shape index (κ1) is 16.0. The number of hydrogen-bond donors (Lipinski definition) is 2. The van der Waals surface area contributed by atoms with Crippen molar-refractivity contribution in [2.75, 3.05) is 11.1 Å². The molecule has 1 rings (SSSR count). The molecule has 0 aliphatic rings. The molecule has 1 aromatic rings. The predicted molar refractivity (Wildman–Crippen MR) is 81.9 cm³/mol. The molecule has 0 saturated heterocycles. The molecular weight excluding hydrogens is 330 g/mol. The van der Waals surface area contributed by atoms with Crippen molar-refractivity contribution >= 4 is 45.3 Å². The Kier molecular flexibility index (Phi) is 5.43. The molecule has 0 aromatic heterocycles. The fourth-order valence-electron chi connectivity index (χ4n) is 1.27. The molecule has 1 amide bonds. The van der Waals surface area contributed by atoms with Gasteiger partial charge < -0.3 is 10.4 Å². The number of amides is 1. The quantitative estimate of drug-likeness (QED) is 0.874. The van der Waals surface area contributed by atoms with E-state index in [2.05, 4.69) is 21.2 Å². The van der Waals surface area contributed by atoms with Gasteiger partial charge >= 0.3 is 5.97 Å². The first-order valence-corrected chi connectivity index (χ1v) is 7.43. The van der Waals surface area contributed by atoms with E-state index in [-0.39, 0.29) is 16.2 Å². The minimum Gasteiger partial charge on any atom is -0.478 e. The van der Waals surface area contributed by atoms with E-state index >= 15 is 0 Å². The van der Waals surface area contributed by atoms with E-state index in [9.17, 15) is 9.59 Å². The normalized spacial score (nSPS) is 11.2. The molecule has 0 unspecified atom stereocenters. The Balaban J connectivity index is 2.77. The summed E-state index contributed by atoms with van der Waals surface area (Å²) in [5, 5.41) is 11.7. The molecule has 0 aliphatic heterocycles. The van der Waals surface area contributed by atoms with Gasteiger partial charge in [-0.3, -0.25) is 4.79 Å². The molecule has 0 radical (unpaired) electrons. The van der Waals surface area contributed by atoms with Crippen molar-refractivity contribution in [3.05, 3.63) is 28.2 Å². The molecule has 1 aromatic carbocycles. The van der Waals surface area contributed by atoms with Crippen LogP contribution >= 0.6 is 27.7 Å². The minimum atomic E-state index is -1.07. The summed E-state index contributed by atoms with van der Waals surface area (Å²) in [4.78, 5) is 22.9. The third kappa shape index (κ3) is 5.65. The highest BCUT2D eigenvalue weighted by atomic mass is 79.9. The number of anilines is 1. The third-order valence-corrected chi connectivity index (χ3v) is 3.89. The molecule has 0 aliphatic carbocycles. The maximum Gasteiger partial charge on any atom is 0.337 e. The lowest BCUT2D eigenvalue weighted by Gasteiger charge is -2.17. The molecule has 6 heteroatoms. The first-order valence-electron chi connectivity index (χ1n) is 5.66. The summed E-state index contributed by atoms with van der Waals surface area (Å²) < 4.78 is 0.652. The Morgan fingerprint density at radius 1 is 1.37 bits per heavy atom. The van der Waals surface area contributed by atoms with E-state index < -0.39 is 5.97 Å². The van der Waals surface area contributed by atoms with Crippen molar-refractivity contribution in [2.24, 2.45) is 0 Å². The Bertz CT molecular complexity index is 497. The van der Waals surface area contributed by atoms with Gasteiger partial charge in [-0.2, -0.15) is 0 Å². The Morgan fingerprint density at radius 2 is 2.00 bits per heavy atom. The smallest absolute Gasteiger partial charge is 0.337 e. The number of hydrogen-bond acceptors (Lipinski definition) is 3. The summed E-state index contributed by atoms with van der Waals surface area (Å²) in [5.74, 6) is -0.983. The zero-order chi connectivity index (χ0) is 14.6. The molecule has 19 heavy (non-hydrogen) atoms. The van der Waals surface area contributed by atoms with Crippen molar-refractivity contribution in [1.82, 2.24) is 0 Å². The first-order chi connectivity index (χ1) is 8.69. The van der Waals surface area contributed by atoms with Gasteiger partial charge in [-0.25, -0.2) is 4.79 Å². The monoisotopic (exact) mass is 345 g/mol. The molecule has 0 heterocycles. The number of thioether (sulfide) groups is 1. The fraction of sp³-hybridized carbons (Fsp3) is 0.385. The van der Waals surface area contributed by atoms with Crippen molar-refractivity contribution in [1.29, 1.82) is 0 Å². The molecule has 4 nitrogen and oxygen atoms in total. The SMILES string of the molecule is CC(C)(C)SCC(=O)Nc1ccc(Br)cc1C(=O)O. The number of nitrogens with one attached hydrogen (secondary N) is 1. The van der Waals surface area contributed by atoms with Crippen LogP contribution in [0.5, 0.6) is 0 Å². The molecule has 104 valence electrons. The van der Waals surface area contributed by atoms with Gasteiger partial charge in [0.25, 0.3) is 0 Å². The number of carbonyl (C=O) groups is 2. The van der Waals surface area contributed by atoms with Crippen molar-refractivity contribution in [3.8, 4) is 0 Å². The zero-order valence-corrected chi connectivity index (χ0v) is 13.4. The van der Waals surface area contributed by atoms with Gasteiger partial charge in [0.1, 0.15) is 0 Å². The number of halogens is 1. The van der Waals surface area contributed by atoms with Crippen LogP contribution in [0.25, 0.3) is 0 Å². The van der Waals surface area contributed by atoms with Crippen LogP contribution in [0.1, 0.15) is 31.1 Å². The van der Waals surface area contributed by atoms with E-state index in [4.69, 9.17) is 5.11 Å². The van der Waals surface area contributed by atoms with Crippen LogP contribution in [0.3, 0.4) is 0 Å². The number of aromatic carboxylic acids is 1. The van der Waals surface area contributed by atoms with E-state index in [1.807, 2.05) is 20.8 Å². The summed E-state index contributed by atoms with van der Waals surface area (Å²) >= 11 is 4.72. The zero-order valence-electron chi connectivity index (χ0n) is 11.0. The Hall–Kier alpha value is -1.01. The van der Waals surface area contributed by atoms with Gasteiger partial charge in [-0.15, -0.1) is 11.8 Å². The number of carboxylic acid groups (broad SMARTS) is 1. The van der Waals surface area contributed by atoms with Crippen LogP contribution in [-0.2, 0) is 4.79 Å². The highest BCUT2D eigenvalue weighted by molar-refractivity contribution is 9.10. The second kappa shape index (κ2) is 6.43.